The zero-order valence-electron chi connectivity index (χ0n) is 14.1. The highest BCUT2D eigenvalue weighted by molar-refractivity contribution is 9.10. The number of amides is 1. The van der Waals surface area contributed by atoms with E-state index in [-0.39, 0.29) is 17.4 Å². The maximum atomic E-state index is 12.6. The number of halogens is 1. The highest BCUT2D eigenvalue weighted by atomic mass is 79.9. The van der Waals surface area contributed by atoms with Crippen LogP contribution in [0.3, 0.4) is 0 Å². The maximum Gasteiger partial charge on any atom is 0.261 e. The van der Waals surface area contributed by atoms with E-state index in [0.29, 0.717) is 6.54 Å². The summed E-state index contributed by atoms with van der Waals surface area (Å²) in [7, 11) is 0. The van der Waals surface area contributed by atoms with Crippen LogP contribution in [0.1, 0.15) is 48.7 Å². The first kappa shape index (κ1) is 18.2. The molecule has 6 heteroatoms. The van der Waals surface area contributed by atoms with Crippen LogP contribution in [0.15, 0.2) is 29.0 Å². The van der Waals surface area contributed by atoms with Crippen LogP contribution in [0.4, 0.5) is 0 Å². The van der Waals surface area contributed by atoms with Crippen molar-refractivity contribution < 1.29 is 4.79 Å². The van der Waals surface area contributed by atoms with E-state index >= 15 is 0 Å². The minimum absolute atomic E-state index is 0.00500. The predicted octanol–water partition coefficient (Wildman–Crippen LogP) is 4.50. The summed E-state index contributed by atoms with van der Waals surface area (Å²) in [4.78, 5) is 14.6. The van der Waals surface area contributed by atoms with E-state index in [1.165, 1.54) is 4.88 Å². The van der Waals surface area contributed by atoms with Crippen molar-refractivity contribution in [3.8, 4) is 0 Å². The van der Waals surface area contributed by atoms with E-state index in [4.69, 9.17) is 0 Å². The molecule has 0 aromatic carbocycles. The van der Waals surface area contributed by atoms with Crippen LogP contribution >= 0.6 is 27.3 Å². The summed E-state index contributed by atoms with van der Waals surface area (Å²) < 4.78 is 2.90. The number of nitrogens with zero attached hydrogens (tertiary/aromatic N) is 2. The van der Waals surface area contributed by atoms with Gasteiger partial charge in [0.2, 0.25) is 0 Å². The number of rotatable bonds is 6. The fourth-order valence-corrected chi connectivity index (χ4v) is 4.15. The average molecular weight is 398 g/mol. The van der Waals surface area contributed by atoms with E-state index < -0.39 is 0 Å². The predicted molar refractivity (Wildman–Crippen MR) is 99.0 cm³/mol. The second kappa shape index (κ2) is 7.62. The molecule has 126 valence electrons. The van der Waals surface area contributed by atoms with Crippen LogP contribution in [0.2, 0.25) is 0 Å². The van der Waals surface area contributed by atoms with Gasteiger partial charge in [-0.05, 0) is 39.9 Å². The summed E-state index contributed by atoms with van der Waals surface area (Å²) in [6.07, 6.45) is 5.75. The Hall–Kier alpha value is -1.14. The molecule has 2 rings (SSSR count). The summed E-state index contributed by atoms with van der Waals surface area (Å²) >= 11 is 5.13. The lowest BCUT2D eigenvalue weighted by Gasteiger charge is -2.31. The second-order valence-corrected chi connectivity index (χ2v) is 8.74. The van der Waals surface area contributed by atoms with Gasteiger partial charge in [0.15, 0.2) is 0 Å². The smallest absolute Gasteiger partial charge is 0.261 e. The van der Waals surface area contributed by atoms with E-state index in [0.717, 1.165) is 22.2 Å². The number of nitrogens with one attached hydrogen (secondary N) is 1. The molecular weight excluding hydrogens is 374 g/mol. The molecule has 0 aliphatic carbocycles. The summed E-state index contributed by atoms with van der Waals surface area (Å²) in [5, 5.41) is 7.44. The molecule has 2 aromatic heterocycles. The maximum absolute atomic E-state index is 12.6. The van der Waals surface area contributed by atoms with Crippen LogP contribution < -0.4 is 5.32 Å². The van der Waals surface area contributed by atoms with Crippen LogP contribution in [-0.2, 0) is 13.0 Å². The molecule has 0 bridgehead atoms. The summed E-state index contributed by atoms with van der Waals surface area (Å²) in [5.41, 5.74) is -0.0532. The molecule has 2 aromatic rings. The summed E-state index contributed by atoms with van der Waals surface area (Å²) in [5.74, 6) is -0.00914. The molecule has 0 aliphatic heterocycles. The van der Waals surface area contributed by atoms with Gasteiger partial charge < -0.3 is 5.32 Å². The molecule has 4 nitrogen and oxygen atoms in total. The van der Waals surface area contributed by atoms with Crippen molar-refractivity contribution >= 4 is 33.2 Å². The Kier molecular flexibility index (Phi) is 6.03. The summed E-state index contributed by atoms with van der Waals surface area (Å²) in [6, 6.07) is 3.83. The quantitative estimate of drug-likeness (QED) is 0.779. The van der Waals surface area contributed by atoms with Crippen molar-refractivity contribution in [2.45, 2.75) is 53.1 Å². The molecular formula is C17H24BrN3OS. The minimum atomic E-state index is -0.0532. The molecule has 0 saturated carbocycles. The lowest BCUT2D eigenvalue weighted by molar-refractivity contribution is 0.0894. The zero-order valence-corrected chi connectivity index (χ0v) is 16.5. The molecule has 1 N–H and O–H groups in total. The molecule has 0 unspecified atom stereocenters. The molecule has 2 heterocycles. The Morgan fingerprint density at radius 1 is 1.48 bits per heavy atom. The summed E-state index contributed by atoms with van der Waals surface area (Å²) in [6.45, 7) is 9.21. The first-order valence-corrected chi connectivity index (χ1v) is 9.48. The van der Waals surface area contributed by atoms with Gasteiger partial charge in [-0.15, -0.1) is 11.3 Å². The fraction of sp³-hybridized carbons (Fsp3) is 0.529. The van der Waals surface area contributed by atoms with E-state index in [2.05, 4.69) is 54.0 Å². The van der Waals surface area contributed by atoms with Crippen molar-refractivity contribution in [2.75, 3.05) is 0 Å². The van der Waals surface area contributed by atoms with Gasteiger partial charge in [-0.1, -0.05) is 34.1 Å². The number of thiophene rings is 1. The monoisotopic (exact) mass is 397 g/mol. The third-order valence-corrected chi connectivity index (χ3v) is 5.90. The van der Waals surface area contributed by atoms with E-state index in [1.807, 2.05) is 23.0 Å². The van der Waals surface area contributed by atoms with Crippen molar-refractivity contribution in [3.63, 3.8) is 0 Å². The van der Waals surface area contributed by atoms with Gasteiger partial charge >= 0.3 is 0 Å². The number of aryl methyl sites for hydroxylation is 1. The molecule has 0 radical (unpaired) electrons. The molecule has 1 atom stereocenters. The van der Waals surface area contributed by atoms with E-state index in [9.17, 15) is 4.79 Å². The first-order valence-electron chi connectivity index (χ1n) is 7.87. The Bertz CT molecular complexity index is 643. The van der Waals surface area contributed by atoms with Crippen molar-refractivity contribution in [3.05, 3.63) is 38.8 Å². The molecule has 0 saturated heterocycles. The highest BCUT2D eigenvalue weighted by Gasteiger charge is 2.28. The van der Waals surface area contributed by atoms with Gasteiger partial charge in [-0.3, -0.25) is 9.48 Å². The average Bonchev–Trinajstić information content (AvgIpc) is 3.08. The van der Waals surface area contributed by atoms with Crippen LogP contribution in [0.25, 0.3) is 0 Å². The number of aromatic nitrogens is 2. The van der Waals surface area contributed by atoms with Gasteiger partial charge in [-0.25, -0.2) is 0 Å². The standard InChI is InChI=1S/C17H24BrN3OS/c1-5-7-13-12(18)10-14(23-13)16(22)20-15(17(2,3)4)11-21-9-6-8-19-21/h6,8-10,15H,5,7,11H2,1-4H3,(H,20,22)/t15-/m1/s1. The Morgan fingerprint density at radius 3 is 2.78 bits per heavy atom. The number of carbonyl (C=O) groups is 1. The largest absolute Gasteiger partial charge is 0.346 e. The normalized spacial score (nSPS) is 13.1. The molecule has 0 aliphatic rings. The Morgan fingerprint density at radius 2 is 2.22 bits per heavy atom. The number of hydrogen-bond acceptors (Lipinski definition) is 3. The van der Waals surface area contributed by atoms with Crippen molar-refractivity contribution in [2.24, 2.45) is 5.41 Å². The third kappa shape index (κ3) is 4.91. The Labute approximate surface area is 150 Å². The highest BCUT2D eigenvalue weighted by Crippen LogP contribution is 2.29. The molecule has 0 spiro atoms. The third-order valence-electron chi connectivity index (χ3n) is 3.74. The lowest BCUT2D eigenvalue weighted by atomic mass is 9.86. The van der Waals surface area contributed by atoms with Gasteiger partial charge in [0.1, 0.15) is 0 Å². The van der Waals surface area contributed by atoms with Crippen LogP contribution in [-0.4, -0.2) is 21.7 Å². The van der Waals surface area contributed by atoms with Gasteiger partial charge in [0.05, 0.1) is 17.5 Å². The van der Waals surface area contributed by atoms with Crippen molar-refractivity contribution in [1.82, 2.24) is 15.1 Å². The Balaban J connectivity index is 2.12. The molecule has 0 fully saturated rings. The number of carbonyl (C=O) groups excluding carboxylic acids is 1. The molecule has 1 amide bonds. The first-order chi connectivity index (χ1) is 10.8. The van der Waals surface area contributed by atoms with Gasteiger partial charge in [0, 0.05) is 21.7 Å². The van der Waals surface area contributed by atoms with Crippen molar-refractivity contribution in [1.29, 1.82) is 0 Å². The van der Waals surface area contributed by atoms with Gasteiger partial charge in [-0.2, -0.15) is 5.10 Å². The SMILES string of the molecule is CCCc1sc(C(=O)N[C@H](Cn2cccn2)C(C)(C)C)cc1Br. The fourth-order valence-electron chi connectivity index (χ4n) is 2.28. The lowest BCUT2D eigenvalue weighted by Crippen LogP contribution is -2.46. The van der Waals surface area contributed by atoms with Crippen LogP contribution in [0.5, 0.6) is 0 Å². The number of hydrogen-bond donors (Lipinski definition) is 1. The zero-order chi connectivity index (χ0) is 17.0. The minimum Gasteiger partial charge on any atom is -0.346 e. The van der Waals surface area contributed by atoms with Crippen LogP contribution in [0, 0.1) is 5.41 Å². The molecule has 23 heavy (non-hydrogen) atoms. The second-order valence-electron chi connectivity index (χ2n) is 6.75. The topological polar surface area (TPSA) is 46.9 Å². The van der Waals surface area contributed by atoms with E-state index in [1.54, 1.807) is 17.5 Å². The van der Waals surface area contributed by atoms with Gasteiger partial charge in [0.25, 0.3) is 5.91 Å².